The second-order valence-corrected chi connectivity index (χ2v) is 5.32. The quantitative estimate of drug-likeness (QED) is 0.888. The summed E-state index contributed by atoms with van der Waals surface area (Å²) in [6.45, 7) is 3.65. The van der Waals surface area contributed by atoms with Gasteiger partial charge in [0.15, 0.2) is 0 Å². The Morgan fingerprint density at radius 2 is 2.00 bits per heavy atom. The van der Waals surface area contributed by atoms with Gasteiger partial charge in [0.2, 0.25) is 0 Å². The van der Waals surface area contributed by atoms with E-state index < -0.39 is 6.10 Å². The fraction of sp³-hybridized carbons (Fsp3) is 0.400. The predicted octanol–water partition coefficient (Wildman–Crippen LogP) is 0.798. The van der Waals surface area contributed by atoms with E-state index in [1.54, 1.807) is 17.0 Å². The van der Waals surface area contributed by atoms with Crippen molar-refractivity contribution in [1.82, 2.24) is 14.9 Å². The van der Waals surface area contributed by atoms with Gasteiger partial charge in [0.25, 0.3) is 5.91 Å². The van der Waals surface area contributed by atoms with Gasteiger partial charge in [0.05, 0.1) is 0 Å². The summed E-state index contributed by atoms with van der Waals surface area (Å²) < 4.78 is 13.8. The third kappa shape index (κ3) is 2.59. The molecule has 1 atom stereocenters. The van der Waals surface area contributed by atoms with Crippen molar-refractivity contribution < 1.29 is 14.3 Å². The number of aliphatic hydroxyl groups excluding tert-OH is 1. The Bertz CT molecular complexity index is 699. The second kappa shape index (κ2) is 5.84. The van der Waals surface area contributed by atoms with Crippen LogP contribution >= 0.6 is 0 Å². The molecule has 2 heterocycles. The zero-order valence-electron chi connectivity index (χ0n) is 12.2. The van der Waals surface area contributed by atoms with Gasteiger partial charge in [-0.3, -0.25) is 4.79 Å². The van der Waals surface area contributed by atoms with Gasteiger partial charge in [-0.1, -0.05) is 6.07 Å². The Morgan fingerprint density at radius 3 is 2.68 bits per heavy atom. The minimum absolute atomic E-state index is 0.266. The Labute approximate surface area is 127 Å². The Kier molecular flexibility index (Phi) is 3.89. The molecule has 116 valence electrons. The normalized spacial score (nSPS) is 16.9. The fourth-order valence-corrected chi connectivity index (χ4v) is 2.69. The number of amides is 1. The number of aliphatic hydroxyl groups is 1. The molecule has 22 heavy (non-hydrogen) atoms. The van der Waals surface area contributed by atoms with Gasteiger partial charge in [-0.15, -0.1) is 0 Å². The summed E-state index contributed by atoms with van der Waals surface area (Å²) in [4.78, 5) is 23.7. The molecule has 1 aromatic heterocycles. The molecule has 0 saturated carbocycles. The molecular weight excluding hydrogens is 287 g/mol. The molecule has 0 spiro atoms. The van der Waals surface area contributed by atoms with Crippen molar-refractivity contribution in [3.05, 3.63) is 30.3 Å². The molecule has 1 aliphatic heterocycles. The number of rotatable bonds is 2. The summed E-state index contributed by atoms with van der Waals surface area (Å²) in [5, 5.41) is 10.0. The lowest BCUT2D eigenvalue weighted by atomic mass is 10.2. The van der Waals surface area contributed by atoms with E-state index >= 15 is 0 Å². The number of benzene rings is 1. The number of fused-ring (bicyclic) bond motifs is 1. The molecule has 1 aromatic carbocycles. The topological polar surface area (TPSA) is 69.6 Å². The standard InChI is InChI=1S/C15H17FN4O2/c1-10(21)15(22)20-7-5-19(6-8-20)14-11-3-2-4-12(16)13(11)17-9-18-14/h2-4,9-10,21H,5-8H2,1H3. The number of carbonyl (C=O) groups excluding carboxylic acids is 1. The zero-order valence-corrected chi connectivity index (χ0v) is 12.2. The third-order valence-electron chi connectivity index (χ3n) is 3.84. The highest BCUT2D eigenvalue weighted by Crippen LogP contribution is 2.25. The van der Waals surface area contributed by atoms with Gasteiger partial charge in [0.1, 0.15) is 29.6 Å². The number of hydrogen-bond acceptors (Lipinski definition) is 5. The highest BCUT2D eigenvalue weighted by molar-refractivity contribution is 5.89. The first-order valence-corrected chi connectivity index (χ1v) is 7.19. The van der Waals surface area contributed by atoms with Crippen LogP contribution in [0.1, 0.15) is 6.92 Å². The largest absolute Gasteiger partial charge is 0.384 e. The number of carbonyl (C=O) groups is 1. The first-order valence-electron chi connectivity index (χ1n) is 7.19. The van der Waals surface area contributed by atoms with Gasteiger partial charge in [-0.25, -0.2) is 14.4 Å². The monoisotopic (exact) mass is 304 g/mol. The maximum atomic E-state index is 13.8. The van der Waals surface area contributed by atoms with Crippen molar-refractivity contribution in [3.8, 4) is 0 Å². The van der Waals surface area contributed by atoms with Crippen LogP contribution in [0.4, 0.5) is 10.2 Å². The molecule has 6 nitrogen and oxygen atoms in total. The first-order chi connectivity index (χ1) is 10.6. The molecular formula is C15H17FN4O2. The molecule has 3 rings (SSSR count). The van der Waals surface area contributed by atoms with Crippen LogP contribution in [0.25, 0.3) is 10.9 Å². The molecule has 1 saturated heterocycles. The van der Waals surface area contributed by atoms with Crippen LogP contribution in [0.3, 0.4) is 0 Å². The van der Waals surface area contributed by atoms with Gasteiger partial charge in [0, 0.05) is 31.6 Å². The Hall–Kier alpha value is -2.28. The van der Waals surface area contributed by atoms with Gasteiger partial charge in [-0.2, -0.15) is 0 Å². The number of piperazine rings is 1. The molecule has 0 bridgehead atoms. The fourth-order valence-electron chi connectivity index (χ4n) is 2.69. The molecule has 7 heteroatoms. The second-order valence-electron chi connectivity index (χ2n) is 5.32. The Morgan fingerprint density at radius 1 is 1.27 bits per heavy atom. The van der Waals surface area contributed by atoms with E-state index in [1.165, 1.54) is 19.3 Å². The van der Waals surface area contributed by atoms with Crippen molar-refractivity contribution in [2.75, 3.05) is 31.1 Å². The van der Waals surface area contributed by atoms with E-state index in [0.29, 0.717) is 42.9 Å². The van der Waals surface area contributed by atoms with Gasteiger partial charge in [-0.05, 0) is 19.1 Å². The summed E-state index contributed by atoms with van der Waals surface area (Å²) in [5.74, 6) is 0.0379. The summed E-state index contributed by atoms with van der Waals surface area (Å²) >= 11 is 0. The highest BCUT2D eigenvalue weighted by atomic mass is 19.1. The van der Waals surface area contributed by atoms with E-state index in [1.807, 2.05) is 4.90 Å². The molecule has 2 aromatic rings. The summed E-state index contributed by atoms with van der Waals surface area (Å²) in [5.41, 5.74) is 0.301. The number of anilines is 1. The molecule has 1 amide bonds. The zero-order chi connectivity index (χ0) is 15.7. The van der Waals surface area contributed by atoms with Gasteiger partial charge >= 0.3 is 0 Å². The average Bonchev–Trinajstić information content (AvgIpc) is 2.54. The van der Waals surface area contributed by atoms with E-state index in [0.717, 1.165) is 0 Å². The maximum absolute atomic E-state index is 13.8. The van der Waals surface area contributed by atoms with Gasteiger partial charge < -0.3 is 14.9 Å². The van der Waals surface area contributed by atoms with E-state index in [9.17, 15) is 14.3 Å². The summed E-state index contributed by atoms with van der Waals surface area (Å²) in [7, 11) is 0. The third-order valence-corrected chi connectivity index (χ3v) is 3.84. The summed E-state index contributed by atoms with van der Waals surface area (Å²) in [6.07, 6.45) is 0.370. The van der Waals surface area contributed by atoms with E-state index in [4.69, 9.17) is 0 Å². The number of nitrogens with zero attached hydrogens (tertiary/aromatic N) is 4. The van der Waals surface area contributed by atoms with Crippen molar-refractivity contribution >= 4 is 22.6 Å². The minimum Gasteiger partial charge on any atom is -0.384 e. The smallest absolute Gasteiger partial charge is 0.251 e. The van der Waals surface area contributed by atoms with Crippen LogP contribution in [-0.4, -0.2) is 58.2 Å². The number of halogens is 1. The average molecular weight is 304 g/mol. The number of aromatic nitrogens is 2. The SMILES string of the molecule is CC(O)C(=O)N1CCN(c2ncnc3c(F)cccc23)CC1. The number of hydrogen-bond donors (Lipinski definition) is 1. The molecule has 0 radical (unpaired) electrons. The minimum atomic E-state index is -0.986. The van der Waals surface area contributed by atoms with E-state index in [2.05, 4.69) is 9.97 Å². The molecule has 0 aliphatic carbocycles. The lowest BCUT2D eigenvalue weighted by Crippen LogP contribution is -2.51. The summed E-state index contributed by atoms with van der Waals surface area (Å²) in [6, 6.07) is 4.80. The Balaban J connectivity index is 1.83. The van der Waals surface area contributed by atoms with Crippen LogP contribution in [0.2, 0.25) is 0 Å². The van der Waals surface area contributed by atoms with Crippen LogP contribution < -0.4 is 4.90 Å². The first kappa shape index (κ1) is 14.6. The molecule has 1 aliphatic rings. The van der Waals surface area contributed by atoms with Crippen LogP contribution in [0, 0.1) is 5.82 Å². The predicted molar refractivity (Wildman–Crippen MR) is 80.0 cm³/mol. The lowest BCUT2D eigenvalue weighted by Gasteiger charge is -2.36. The van der Waals surface area contributed by atoms with Crippen molar-refractivity contribution in [2.45, 2.75) is 13.0 Å². The molecule has 1 N–H and O–H groups in total. The van der Waals surface area contributed by atoms with Crippen LogP contribution in [0.15, 0.2) is 24.5 Å². The van der Waals surface area contributed by atoms with E-state index in [-0.39, 0.29) is 11.7 Å². The van der Waals surface area contributed by atoms with Crippen molar-refractivity contribution in [1.29, 1.82) is 0 Å². The molecule has 1 unspecified atom stereocenters. The van der Waals surface area contributed by atoms with Crippen molar-refractivity contribution in [3.63, 3.8) is 0 Å². The molecule has 1 fully saturated rings. The lowest BCUT2D eigenvalue weighted by molar-refractivity contribution is -0.139. The van der Waals surface area contributed by atoms with Crippen molar-refractivity contribution in [2.24, 2.45) is 0 Å². The number of para-hydroxylation sites is 1. The maximum Gasteiger partial charge on any atom is 0.251 e. The van der Waals surface area contributed by atoms with Crippen LogP contribution in [-0.2, 0) is 4.79 Å². The highest BCUT2D eigenvalue weighted by Gasteiger charge is 2.25. The van der Waals surface area contributed by atoms with Crippen LogP contribution in [0.5, 0.6) is 0 Å².